The summed E-state index contributed by atoms with van der Waals surface area (Å²) in [6, 6.07) is 0. The monoisotopic (exact) mass is 325 g/mol. The maximum absolute atomic E-state index is 4.83. The molecule has 0 saturated carbocycles. The molecule has 16 heavy (non-hydrogen) atoms. The van der Waals surface area contributed by atoms with Crippen molar-refractivity contribution in [2.24, 2.45) is 0 Å². The molecule has 0 saturated heterocycles. The molecule has 80 valence electrons. The Morgan fingerprint density at radius 3 is 1.00 bits per heavy atom. The molecule has 6 radical (unpaired) electrons. The van der Waals surface area contributed by atoms with Gasteiger partial charge >= 0.3 is 96.2 Å². The molecule has 0 aromatic carbocycles. The standard InChI is InChI=1S/C4H10O.CH4.CH3.2B.3ClH.Mg.3Na/c1-3-5-4-2;;;;;;;;;;;/h3-4H2,1-2H3;1H4;1H3;;;3*1H;;;;/q;;-1;;;;;;+2;;;+1/p-3. The van der Waals surface area contributed by atoms with Crippen molar-refractivity contribution in [1.29, 1.82) is 0 Å². The molecule has 0 aromatic heterocycles. The van der Waals surface area contributed by atoms with E-state index in [2.05, 4.69) is 0 Å². The van der Waals surface area contributed by atoms with Gasteiger partial charge in [-0.15, -0.1) is 0 Å². The molecule has 1 nitrogen and oxygen atoms in total. The fourth-order valence-electron chi connectivity index (χ4n) is 0.204. The van der Waals surface area contributed by atoms with E-state index in [9.17, 15) is 0 Å². The third-order valence-corrected chi connectivity index (χ3v) is 0.408. The first-order chi connectivity index (χ1) is 3.41. The summed E-state index contributed by atoms with van der Waals surface area (Å²) in [7, 11) is 0. The molecule has 0 aliphatic heterocycles. The summed E-state index contributed by atoms with van der Waals surface area (Å²) in [4.78, 5) is 0. The van der Waals surface area contributed by atoms with Crippen molar-refractivity contribution in [1.82, 2.24) is 0 Å². The quantitative estimate of drug-likeness (QED) is 0.362. The topological polar surface area (TPSA) is 9.23 Å². The average molecular weight is 326 g/mol. The summed E-state index contributed by atoms with van der Waals surface area (Å²) in [5.74, 6) is 0. The van der Waals surface area contributed by atoms with Crippen molar-refractivity contribution in [3.05, 3.63) is 7.43 Å². The molecule has 0 heterocycles. The average Bonchev–Trinajstić information content (AvgIpc) is 1.75. The minimum atomic E-state index is 0. The van der Waals surface area contributed by atoms with Crippen molar-refractivity contribution in [2.75, 3.05) is 13.2 Å². The normalized spacial score (nSPS) is 3.12. The SMILES string of the molecule is C.CCOCC.[B].[B].[CH3-].[Cl-].[Cl-].[Cl-].[Mg+2].[Na+].[Na][Na]. The van der Waals surface area contributed by atoms with Crippen LogP contribution in [0.4, 0.5) is 0 Å². The van der Waals surface area contributed by atoms with Gasteiger partial charge in [0.2, 0.25) is 0 Å². The summed E-state index contributed by atoms with van der Waals surface area (Å²) in [5, 5.41) is 0. The van der Waals surface area contributed by atoms with Crippen LogP contribution in [0, 0.1) is 7.43 Å². The number of rotatable bonds is 2. The zero-order chi connectivity index (χ0) is 6.12. The van der Waals surface area contributed by atoms with Gasteiger partial charge in [-0.05, 0) is 13.8 Å². The number of hydrogen-bond donors (Lipinski definition) is 0. The van der Waals surface area contributed by atoms with E-state index in [1.807, 2.05) is 13.8 Å². The van der Waals surface area contributed by atoms with E-state index in [1.54, 1.807) is 0 Å². The van der Waals surface area contributed by atoms with Gasteiger partial charge in [-0.3, -0.25) is 0 Å². The number of ether oxygens (including phenoxy) is 1. The second kappa shape index (κ2) is 116. The van der Waals surface area contributed by atoms with E-state index in [-0.39, 0.29) is 122 Å². The van der Waals surface area contributed by atoms with E-state index >= 15 is 0 Å². The van der Waals surface area contributed by atoms with E-state index in [4.69, 9.17) is 4.74 Å². The Kier molecular flexibility index (Phi) is 617. The molecule has 0 spiro atoms. The summed E-state index contributed by atoms with van der Waals surface area (Å²) in [6.07, 6.45) is 0. The van der Waals surface area contributed by atoms with Crippen LogP contribution in [0.25, 0.3) is 0 Å². The van der Waals surface area contributed by atoms with Crippen LogP contribution in [0.15, 0.2) is 0 Å². The van der Waals surface area contributed by atoms with E-state index in [0.29, 0.717) is 0 Å². The summed E-state index contributed by atoms with van der Waals surface area (Å²) in [5.41, 5.74) is 0. The second-order valence-corrected chi connectivity index (χ2v) is 0.781. The van der Waals surface area contributed by atoms with Crippen LogP contribution in [0.3, 0.4) is 0 Å². The predicted molar refractivity (Wildman–Crippen MR) is 64.1 cm³/mol. The first-order valence-corrected chi connectivity index (χ1v) is 11.0. The fourth-order valence-corrected chi connectivity index (χ4v) is 0.204. The van der Waals surface area contributed by atoms with Crippen LogP contribution in [0.5, 0.6) is 0 Å². The van der Waals surface area contributed by atoms with Gasteiger partial charge in [0.15, 0.2) is 0 Å². The summed E-state index contributed by atoms with van der Waals surface area (Å²) in [6.45, 7) is 5.67. The first kappa shape index (κ1) is 85.3. The molecule has 0 aromatic rings. The van der Waals surface area contributed by atoms with Gasteiger partial charge in [0.05, 0.1) is 0 Å². The van der Waals surface area contributed by atoms with Gasteiger partial charge in [-0.1, -0.05) is 7.43 Å². The van der Waals surface area contributed by atoms with Crippen molar-refractivity contribution >= 4 is 83.5 Å². The number of halogens is 3. The van der Waals surface area contributed by atoms with Crippen LogP contribution in [-0.4, -0.2) is 96.7 Å². The van der Waals surface area contributed by atoms with Gasteiger partial charge in [-0.2, -0.15) is 0 Å². The van der Waals surface area contributed by atoms with Crippen LogP contribution < -0.4 is 66.8 Å². The van der Waals surface area contributed by atoms with E-state index in [1.165, 1.54) is 43.6 Å². The molecule has 0 atom stereocenters. The van der Waals surface area contributed by atoms with Crippen molar-refractivity contribution < 1.29 is 71.5 Å². The Bertz CT molecular complexity index is 44.5. The van der Waals surface area contributed by atoms with Crippen molar-refractivity contribution in [3.8, 4) is 0 Å². The fraction of sp³-hybridized carbons (Fsp3) is 0.833. The molecule has 0 aliphatic carbocycles. The predicted octanol–water partition coefficient (Wildman–Crippen LogP) is -11.8. The molecule has 0 fully saturated rings. The second-order valence-electron chi connectivity index (χ2n) is 0.781. The molecule has 10 heteroatoms. The minimum absolute atomic E-state index is 0. The van der Waals surface area contributed by atoms with Gasteiger partial charge in [-0.25, -0.2) is 0 Å². The molecule has 0 bridgehead atoms. The summed E-state index contributed by atoms with van der Waals surface area (Å²) < 4.78 is 4.83. The Hall–Kier alpha value is 4.73. The van der Waals surface area contributed by atoms with Crippen LogP contribution in [0.2, 0.25) is 0 Å². The molecular formula is C6H17B2Cl3MgNa3O-. The molecule has 0 unspecified atom stereocenters. The Balaban J connectivity index is -0.00000000242. The van der Waals surface area contributed by atoms with Gasteiger partial charge in [0, 0.05) is 30.0 Å². The van der Waals surface area contributed by atoms with Gasteiger partial charge in [0.25, 0.3) is 0 Å². The van der Waals surface area contributed by atoms with Gasteiger partial charge < -0.3 is 49.4 Å². The Morgan fingerprint density at radius 2 is 1.00 bits per heavy atom. The molecular weight excluding hydrogens is 309 g/mol. The van der Waals surface area contributed by atoms with Gasteiger partial charge in [0.1, 0.15) is 0 Å². The molecule has 0 N–H and O–H groups in total. The molecule has 0 aliphatic rings. The third-order valence-electron chi connectivity index (χ3n) is 0.408. The zero-order valence-corrected chi connectivity index (χ0v) is 20.5. The summed E-state index contributed by atoms with van der Waals surface area (Å²) >= 11 is 2.89. The van der Waals surface area contributed by atoms with Crippen molar-refractivity contribution in [2.45, 2.75) is 21.3 Å². The number of hydrogen-bond acceptors (Lipinski definition) is 1. The van der Waals surface area contributed by atoms with Crippen LogP contribution in [0.1, 0.15) is 21.3 Å². The Labute approximate surface area is 193 Å². The van der Waals surface area contributed by atoms with Crippen LogP contribution in [-0.2, 0) is 4.74 Å². The van der Waals surface area contributed by atoms with Crippen molar-refractivity contribution in [3.63, 3.8) is 0 Å². The molecule has 0 rings (SSSR count). The third kappa shape index (κ3) is 130. The Morgan fingerprint density at radius 1 is 0.875 bits per heavy atom. The zero-order valence-electron chi connectivity index (χ0n) is 10.8. The van der Waals surface area contributed by atoms with Crippen LogP contribution >= 0.6 is 0 Å². The first-order valence-electron chi connectivity index (χ1n) is 2.99. The van der Waals surface area contributed by atoms with E-state index in [0.717, 1.165) is 13.2 Å². The molecule has 0 amide bonds. The maximum atomic E-state index is 4.83. The van der Waals surface area contributed by atoms with E-state index < -0.39 is 0 Å².